The predicted octanol–water partition coefficient (Wildman–Crippen LogP) is 7.98. The van der Waals surface area contributed by atoms with Gasteiger partial charge in [0.1, 0.15) is 16.9 Å². The molecule has 0 bridgehead atoms. The first-order chi connectivity index (χ1) is 19.9. The number of nitrogens with zero attached hydrogens (tertiary/aromatic N) is 2. The fraction of sp³-hybridized carbons (Fsp3) is 0.306. The zero-order valence-corrected chi connectivity index (χ0v) is 23.1. The molecule has 0 atom stereocenters. The van der Waals surface area contributed by atoms with E-state index >= 15 is 0 Å². The highest BCUT2D eigenvalue weighted by Gasteiger charge is 2.15. The molecule has 0 spiro atoms. The van der Waals surface area contributed by atoms with Gasteiger partial charge in [0.25, 0.3) is 0 Å². The average molecular weight is 581 g/mol. The summed E-state index contributed by atoms with van der Waals surface area (Å²) in [5.74, 6) is -0.221. The van der Waals surface area contributed by atoms with Crippen molar-refractivity contribution in [1.29, 1.82) is 0 Å². The molecule has 1 aromatic heterocycles. The summed E-state index contributed by atoms with van der Waals surface area (Å²) in [5.41, 5.74) is 2.79. The van der Waals surface area contributed by atoms with Crippen LogP contribution in [0.3, 0.4) is 0 Å². The molecule has 0 saturated carbocycles. The van der Waals surface area contributed by atoms with E-state index in [1.807, 2.05) is 18.2 Å². The van der Waals surface area contributed by atoms with E-state index in [-0.39, 0.29) is 31.9 Å². The number of phenolic OH excluding ortho intramolecular Hbond substituents is 1. The van der Waals surface area contributed by atoms with Crippen molar-refractivity contribution in [2.75, 3.05) is 36.0 Å². The number of carbonyl (C=O) groups is 2. The van der Waals surface area contributed by atoms with Crippen LogP contribution in [-0.2, 0) is 0 Å². The van der Waals surface area contributed by atoms with Crippen molar-refractivity contribution in [3.8, 4) is 5.75 Å². The third-order valence-electron chi connectivity index (χ3n) is 8.09. The van der Waals surface area contributed by atoms with Crippen molar-refractivity contribution >= 4 is 56.0 Å². The highest BCUT2D eigenvalue weighted by Crippen LogP contribution is 2.30. The average Bonchev–Trinajstić information content (AvgIpc) is 3.70. The van der Waals surface area contributed by atoms with Gasteiger partial charge in [0.05, 0.1) is 5.56 Å². The molecule has 7 heteroatoms. The number of hydrogen-bond donors (Lipinski definition) is 1. The number of phenols is 1. The molecule has 7 rings (SSSR count). The lowest BCUT2D eigenvalue weighted by atomic mass is 10.0. The maximum Gasteiger partial charge on any atom is 0.347 e. The van der Waals surface area contributed by atoms with Gasteiger partial charge in [-0.1, -0.05) is 27.0 Å². The van der Waals surface area contributed by atoms with Gasteiger partial charge in [0.2, 0.25) is 0 Å². The number of carbonyl (C=O) groups excluding carboxylic acids is 2. The van der Waals surface area contributed by atoms with Crippen molar-refractivity contribution in [1.82, 2.24) is 0 Å². The van der Waals surface area contributed by atoms with Crippen molar-refractivity contribution in [3.63, 3.8) is 0 Å². The van der Waals surface area contributed by atoms with E-state index in [9.17, 15) is 19.5 Å². The van der Waals surface area contributed by atoms with Crippen LogP contribution in [0, 0.1) is 0 Å². The normalized spacial score (nSPS) is 14.3. The molecule has 2 aliphatic heterocycles. The summed E-state index contributed by atoms with van der Waals surface area (Å²) in [6.07, 6.45) is 5.64. The molecule has 0 amide bonds. The Kier molecular flexibility index (Phi) is 9.54. The van der Waals surface area contributed by atoms with Gasteiger partial charge in [-0.25, -0.2) is 4.79 Å². The molecule has 0 unspecified atom stereocenters. The number of ketones is 1. The summed E-state index contributed by atoms with van der Waals surface area (Å²) in [6, 6.07) is 21.4. The van der Waals surface area contributed by atoms with Gasteiger partial charge in [-0.05, 0) is 109 Å². The number of hydrogen-bond acceptors (Lipinski definition) is 7. The maximum absolute atomic E-state index is 11.9. The first kappa shape index (κ1) is 31.3. The Balaban J connectivity index is 0.000000193. The van der Waals surface area contributed by atoms with E-state index in [1.165, 1.54) is 44.0 Å². The van der Waals surface area contributed by atoms with E-state index in [4.69, 9.17) is 4.42 Å². The van der Waals surface area contributed by atoms with Crippen LogP contribution in [0.5, 0.6) is 5.75 Å². The molecular weight excluding hydrogens is 540 g/mol. The van der Waals surface area contributed by atoms with Crippen LogP contribution in [0.1, 0.15) is 68.2 Å². The molecule has 2 aliphatic rings. The molecule has 3 heterocycles. The second kappa shape index (κ2) is 13.1. The summed E-state index contributed by atoms with van der Waals surface area (Å²) >= 11 is 0. The highest BCUT2D eigenvalue weighted by atomic mass is 16.4. The molecule has 4 aromatic carbocycles. The maximum atomic E-state index is 11.9. The van der Waals surface area contributed by atoms with Crippen LogP contribution in [0.25, 0.3) is 32.5 Å². The SMILES string of the molecule is C.C.CC(=O)c1cc2cc3ccc(N4CCCC4)cc3cc2oc1=O.O=Cc1cc2ccc(N3CCCC3)cc2cc1O. The number of Topliss-reactive ketones (excluding diaryl/α,β-unsaturated/α-hetero) is 1. The van der Waals surface area contributed by atoms with Gasteiger partial charge in [-0.15, -0.1) is 0 Å². The van der Waals surface area contributed by atoms with Crippen LogP contribution in [0.15, 0.2) is 75.9 Å². The third-order valence-corrected chi connectivity index (χ3v) is 8.09. The fourth-order valence-corrected chi connectivity index (χ4v) is 5.83. The molecule has 2 fully saturated rings. The number of benzene rings is 4. The van der Waals surface area contributed by atoms with Crippen LogP contribution in [-0.4, -0.2) is 43.4 Å². The highest BCUT2D eigenvalue weighted by molar-refractivity contribution is 6.01. The lowest BCUT2D eigenvalue weighted by Crippen LogP contribution is -2.17. The lowest BCUT2D eigenvalue weighted by molar-refractivity contribution is 0.101. The predicted molar refractivity (Wildman–Crippen MR) is 177 cm³/mol. The van der Waals surface area contributed by atoms with Gasteiger partial charge in [-0.2, -0.15) is 0 Å². The summed E-state index contributed by atoms with van der Waals surface area (Å²) < 4.78 is 5.34. The van der Waals surface area contributed by atoms with E-state index in [1.54, 1.807) is 18.2 Å². The van der Waals surface area contributed by atoms with Crippen molar-refractivity contribution in [3.05, 3.63) is 88.3 Å². The topological polar surface area (TPSA) is 91.1 Å². The summed E-state index contributed by atoms with van der Waals surface area (Å²) in [4.78, 5) is 38.9. The van der Waals surface area contributed by atoms with Crippen molar-refractivity contribution in [2.45, 2.75) is 47.5 Å². The Hall–Kier alpha value is -4.65. The second-order valence-corrected chi connectivity index (χ2v) is 10.9. The summed E-state index contributed by atoms with van der Waals surface area (Å²) in [7, 11) is 0. The minimum absolute atomic E-state index is 0. The molecular formula is C36H40N2O5. The number of fused-ring (bicyclic) bond motifs is 3. The number of anilines is 2. The van der Waals surface area contributed by atoms with Crippen LogP contribution >= 0.6 is 0 Å². The number of aromatic hydroxyl groups is 1. The Morgan fingerprint density at radius 3 is 1.79 bits per heavy atom. The third kappa shape index (κ3) is 6.41. The van der Waals surface area contributed by atoms with Gasteiger partial charge >= 0.3 is 5.63 Å². The Morgan fingerprint density at radius 2 is 1.26 bits per heavy atom. The molecule has 1 N–H and O–H groups in total. The van der Waals surface area contributed by atoms with E-state index in [0.29, 0.717) is 17.4 Å². The molecule has 224 valence electrons. The van der Waals surface area contributed by atoms with Crippen molar-refractivity contribution < 1.29 is 19.1 Å². The van der Waals surface area contributed by atoms with Gasteiger partial charge in [0.15, 0.2) is 12.1 Å². The van der Waals surface area contributed by atoms with Gasteiger partial charge < -0.3 is 19.3 Å². The Bertz CT molecular complexity index is 1850. The summed E-state index contributed by atoms with van der Waals surface area (Å²) in [5, 5.41) is 14.6. The molecule has 2 saturated heterocycles. The molecule has 5 aromatic rings. The zero-order chi connectivity index (χ0) is 28.5. The molecule has 7 nitrogen and oxygen atoms in total. The second-order valence-electron chi connectivity index (χ2n) is 10.9. The zero-order valence-electron chi connectivity index (χ0n) is 23.1. The summed E-state index contributed by atoms with van der Waals surface area (Å²) in [6.45, 7) is 5.77. The minimum Gasteiger partial charge on any atom is -0.507 e. The molecule has 0 aliphatic carbocycles. The van der Waals surface area contributed by atoms with Crippen molar-refractivity contribution in [2.24, 2.45) is 0 Å². The number of aldehydes is 1. The standard InChI is InChI=1S/C19H17NO3.C15H15NO2.2CH4/c1-12(21)17-10-15-8-13-4-5-16(20-6-2-3-7-20)9-14(13)11-18(15)23-19(17)22;17-10-13-7-11-3-4-14(16-5-1-2-6-16)8-12(11)9-15(13)18;;/h4-5,8-11H,2-3,6-7H2,1H3;3-4,7-10,18H,1-2,5-6H2;2*1H4. The van der Waals surface area contributed by atoms with E-state index in [0.717, 1.165) is 53.1 Å². The van der Waals surface area contributed by atoms with Crippen LogP contribution in [0.2, 0.25) is 0 Å². The van der Waals surface area contributed by atoms with E-state index < -0.39 is 5.63 Å². The fourth-order valence-electron chi connectivity index (χ4n) is 5.83. The van der Waals surface area contributed by atoms with Gasteiger partial charge in [-0.3, -0.25) is 9.59 Å². The monoisotopic (exact) mass is 580 g/mol. The number of rotatable bonds is 4. The quantitative estimate of drug-likeness (QED) is 0.0997. The lowest BCUT2D eigenvalue weighted by Gasteiger charge is -2.18. The minimum atomic E-state index is -0.569. The van der Waals surface area contributed by atoms with Crippen LogP contribution in [0.4, 0.5) is 11.4 Å². The van der Waals surface area contributed by atoms with Crippen LogP contribution < -0.4 is 15.4 Å². The molecule has 43 heavy (non-hydrogen) atoms. The first-order valence-corrected chi connectivity index (χ1v) is 14.1. The Labute approximate surface area is 252 Å². The smallest absolute Gasteiger partial charge is 0.347 e. The largest absolute Gasteiger partial charge is 0.507 e. The first-order valence-electron chi connectivity index (χ1n) is 14.1. The van der Waals surface area contributed by atoms with Gasteiger partial charge in [0, 0.05) is 42.9 Å². The Morgan fingerprint density at radius 1 is 0.721 bits per heavy atom. The molecule has 0 radical (unpaired) electrons. The van der Waals surface area contributed by atoms with E-state index in [2.05, 4.69) is 40.1 Å².